The topological polar surface area (TPSA) is 61.8 Å². The number of hydrogen-bond acceptors (Lipinski definition) is 5. The molecular formula is C14H20FO5P. The van der Waals surface area contributed by atoms with Gasteiger partial charge in [-0.15, -0.1) is 0 Å². The summed E-state index contributed by atoms with van der Waals surface area (Å²) >= 11 is 0. The summed E-state index contributed by atoms with van der Waals surface area (Å²) in [6, 6.07) is 5.12. The molecule has 1 unspecified atom stereocenters. The van der Waals surface area contributed by atoms with Crippen LogP contribution >= 0.6 is 7.60 Å². The average molecular weight is 318 g/mol. The highest BCUT2D eigenvalue weighted by Gasteiger charge is 2.43. The lowest BCUT2D eigenvalue weighted by Crippen LogP contribution is -2.19. The Labute approximate surface area is 123 Å². The SMILES string of the molecule is CCOC(=O)C(c1ccc(F)cc1)P(=O)(OCC)OCC. The van der Waals surface area contributed by atoms with Crippen LogP contribution in [0.3, 0.4) is 0 Å². The third-order valence-corrected chi connectivity index (χ3v) is 5.01. The molecule has 0 heterocycles. The van der Waals surface area contributed by atoms with Crippen LogP contribution in [-0.4, -0.2) is 25.8 Å². The van der Waals surface area contributed by atoms with Crippen LogP contribution in [0.15, 0.2) is 24.3 Å². The van der Waals surface area contributed by atoms with Crippen LogP contribution in [0.25, 0.3) is 0 Å². The summed E-state index contributed by atoms with van der Waals surface area (Å²) in [6.07, 6.45) is 0. The Hall–Kier alpha value is -1.23. The molecule has 0 aromatic heterocycles. The van der Waals surface area contributed by atoms with Gasteiger partial charge in [0.1, 0.15) is 5.82 Å². The number of halogens is 1. The van der Waals surface area contributed by atoms with E-state index in [0.717, 1.165) is 0 Å². The Kier molecular flexibility index (Phi) is 7.02. The Morgan fingerprint density at radius 1 is 1.10 bits per heavy atom. The minimum atomic E-state index is -3.75. The van der Waals surface area contributed by atoms with Crippen molar-refractivity contribution in [1.29, 1.82) is 0 Å². The zero-order valence-corrected chi connectivity index (χ0v) is 13.3. The lowest BCUT2D eigenvalue weighted by molar-refractivity contribution is -0.143. The first-order valence-corrected chi connectivity index (χ1v) is 8.40. The average Bonchev–Trinajstić information content (AvgIpc) is 2.42. The Balaban J connectivity index is 3.25. The molecule has 0 saturated carbocycles. The Bertz CT molecular complexity index is 493. The number of rotatable bonds is 8. The van der Waals surface area contributed by atoms with Crippen LogP contribution in [0.5, 0.6) is 0 Å². The van der Waals surface area contributed by atoms with Crippen molar-refractivity contribution in [3.05, 3.63) is 35.6 Å². The number of carbonyl (C=O) groups excluding carboxylic acids is 1. The molecule has 0 fully saturated rings. The summed E-state index contributed by atoms with van der Waals surface area (Å²) in [4.78, 5) is 12.2. The molecule has 21 heavy (non-hydrogen) atoms. The van der Waals surface area contributed by atoms with E-state index in [1.807, 2.05) is 0 Å². The lowest BCUT2D eigenvalue weighted by Gasteiger charge is -2.25. The van der Waals surface area contributed by atoms with Gasteiger partial charge >= 0.3 is 13.6 Å². The van der Waals surface area contributed by atoms with E-state index in [2.05, 4.69) is 0 Å². The maximum atomic E-state index is 13.0. The van der Waals surface area contributed by atoms with Gasteiger partial charge in [-0.1, -0.05) is 12.1 Å². The number of carbonyl (C=O) groups is 1. The van der Waals surface area contributed by atoms with Crippen molar-refractivity contribution in [2.24, 2.45) is 0 Å². The highest BCUT2D eigenvalue weighted by Crippen LogP contribution is 2.61. The van der Waals surface area contributed by atoms with Crippen molar-refractivity contribution in [3.63, 3.8) is 0 Å². The van der Waals surface area contributed by atoms with Crippen molar-refractivity contribution in [1.82, 2.24) is 0 Å². The van der Waals surface area contributed by atoms with E-state index in [1.165, 1.54) is 24.3 Å². The summed E-state index contributed by atoms with van der Waals surface area (Å²) < 4.78 is 41.3. The second kappa shape index (κ2) is 8.27. The molecule has 0 radical (unpaired) electrons. The monoisotopic (exact) mass is 318 g/mol. The number of benzene rings is 1. The van der Waals surface area contributed by atoms with E-state index < -0.39 is 25.0 Å². The highest BCUT2D eigenvalue weighted by molar-refractivity contribution is 7.55. The van der Waals surface area contributed by atoms with Crippen LogP contribution in [0, 0.1) is 5.82 Å². The van der Waals surface area contributed by atoms with Crippen LogP contribution in [0.1, 0.15) is 32.0 Å². The zero-order valence-electron chi connectivity index (χ0n) is 12.4. The summed E-state index contributed by atoms with van der Waals surface area (Å²) in [5.41, 5.74) is -0.891. The molecule has 1 atom stereocenters. The third kappa shape index (κ3) is 4.63. The third-order valence-electron chi connectivity index (χ3n) is 2.63. The molecular weight excluding hydrogens is 298 g/mol. The molecule has 0 aliphatic rings. The molecule has 118 valence electrons. The molecule has 1 rings (SSSR count). The zero-order chi connectivity index (χ0) is 15.9. The quantitative estimate of drug-likeness (QED) is 0.540. The molecule has 0 N–H and O–H groups in total. The van der Waals surface area contributed by atoms with Crippen LogP contribution in [0.2, 0.25) is 0 Å². The first-order chi connectivity index (χ1) is 9.98. The van der Waals surface area contributed by atoms with Crippen molar-refractivity contribution in [2.75, 3.05) is 19.8 Å². The molecule has 7 heteroatoms. The van der Waals surface area contributed by atoms with Gasteiger partial charge in [-0.25, -0.2) is 4.39 Å². The van der Waals surface area contributed by atoms with Gasteiger partial charge in [-0.05, 0) is 38.5 Å². The fourth-order valence-electron chi connectivity index (χ4n) is 1.86. The van der Waals surface area contributed by atoms with Gasteiger partial charge in [0.2, 0.25) is 0 Å². The minimum Gasteiger partial charge on any atom is -0.465 e. The normalized spacial score (nSPS) is 13.0. The second-order valence-electron chi connectivity index (χ2n) is 4.08. The summed E-state index contributed by atoms with van der Waals surface area (Å²) in [5, 5.41) is 0. The predicted octanol–water partition coefficient (Wildman–Crippen LogP) is 3.70. The Morgan fingerprint density at radius 2 is 1.62 bits per heavy atom. The minimum absolute atomic E-state index is 0.119. The van der Waals surface area contributed by atoms with Gasteiger partial charge < -0.3 is 13.8 Å². The van der Waals surface area contributed by atoms with E-state index in [-0.39, 0.29) is 19.8 Å². The van der Waals surface area contributed by atoms with Gasteiger partial charge in [0, 0.05) is 0 Å². The maximum Gasteiger partial charge on any atom is 0.349 e. The van der Waals surface area contributed by atoms with E-state index >= 15 is 0 Å². The molecule has 0 aliphatic carbocycles. The van der Waals surface area contributed by atoms with E-state index in [0.29, 0.717) is 5.56 Å². The van der Waals surface area contributed by atoms with E-state index in [9.17, 15) is 13.8 Å². The second-order valence-corrected chi connectivity index (χ2v) is 6.19. The van der Waals surface area contributed by atoms with Gasteiger partial charge in [-0.3, -0.25) is 9.36 Å². The van der Waals surface area contributed by atoms with E-state index in [4.69, 9.17) is 13.8 Å². The smallest absolute Gasteiger partial charge is 0.349 e. The summed E-state index contributed by atoms with van der Waals surface area (Å²) in [5.74, 6) is -1.17. The Morgan fingerprint density at radius 3 is 2.05 bits per heavy atom. The molecule has 0 saturated heterocycles. The number of esters is 1. The lowest BCUT2D eigenvalue weighted by atomic mass is 10.1. The molecule has 1 aromatic rings. The fourth-order valence-corrected chi connectivity index (χ4v) is 3.82. The van der Waals surface area contributed by atoms with Crippen LogP contribution in [0.4, 0.5) is 4.39 Å². The number of hydrogen-bond donors (Lipinski definition) is 0. The molecule has 0 aliphatic heterocycles. The van der Waals surface area contributed by atoms with Gasteiger partial charge in [-0.2, -0.15) is 0 Å². The van der Waals surface area contributed by atoms with Crippen molar-refractivity contribution in [3.8, 4) is 0 Å². The van der Waals surface area contributed by atoms with Crippen molar-refractivity contribution in [2.45, 2.75) is 26.4 Å². The summed E-state index contributed by atoms with van der Waals surface area (Å²) in [7, 11) is -3.75. The molecule has 0 bridgehead atoms. The molecule has 0 amide bonds. The van der Waals surface area contributed by atoms with Gasteiger partial charge in [0.15, 0.2) is 5.66 Å². The molecule has 0 spiro atoms. The van der Waals surface area contributed by atoms with Gasteiger partial charge in [0.05, 0.1) is 19.8 Å². The maximum absolute atomic E-state index is 13.0. The molecule has 1 aromatic carbocycles. The standard InChI is InChI=1S/C14H20FO5P/c1-4-18-14(16)13(11-7-9-12(15)10-8-11)21(17,19-5-2)20-6-3/h7-10,13H,4-6H2,1-3H3. The number of ether oxygens (including phenoxy) is 1. The highest BCUT2D eigenvalue weighted by atomic mass is 31.2. The van der Waals surface area contributed by atoms with Crippen molar-refractivity contribution >= 4 is 13.6 Å². The fraction of sp³-hybridized carbons (Fsp3) is 0.500. The van der Waals surface area contributed by atoms with E-state index in [1.54, 1.807) is 20.8 Å². The van der Waals surface area contributed by atoms with Crippen LogP contribution in [-0.2, 0) is 23.1 Å². The molecule has 5 nitrogen and oxygen atoms in total. The first-order valence-electron chi connectivity index (χ1n) is 6.79. The summed E-state index contributed by atoms with van der Waals surface area (Å²) in [6.45, 7) is 5.32. The van der Waals surface area contributed by atoms with Crippen molar-refractivity contribution < 1.29 is 27.5 Å². The van der Waals surface area contributed by atoms with Crippen LogP contribution < -0.4 is 0 Å². The predicted molar refractivity (Wildman–Crippen MR) is 76.6 cm³/mol. The van der Waals surface area contributed by atoms with Gasteiger partial charge in [0.25, 0.3) is 0 Å². The first kappa shape index (κ1) is 17.8. The largest absolute Gasteiger partial charge is 0.465 e.